The van der Waals surface area contributed by atoms with Crippen LogP contribution in [0.15, 0.2) is 42.6 Å². The van der Waals surface area contributed by atoms with Gasteiger partial charge in [-0.1, -0.05) is 18.2 Å². The standard InChI is InChI=1S/C31H40N4O2S/c1-20(2)37-28-12-10-22(17-21(28)3)30-32-19-29(38-30)27-8-6-7-25-23(9-11-26(25)27)18-33-31(36)35-15-13-24(14-16-35)34(4)5/h6-8,10,12,17,19-20,23-24H,9,11,13-16,18H2,1-5H3,(H,33,36). The first-order valence-corrected chi connectivity index (χ1v) is 14.7. The van der Waals surface area contributed by atoms with Crippen LogP contribution in [0.4, 0.5) is 4.79 Å². The number of thiazole rings is 1. The van der Waals surface area contributed by atoms with Crippen LogP contribution < -0.4 is 10.1 Å². The summed E-state index contributed by atoms with van der Waals surface area (Å²) in [6.45, 7) is 8.55. The van der Waals surface area contributed by atoms with E-state index in [9.17, 15) is 4.79 Å². The van der Waals surface area contributed by atoms with Gasteiger partial charge in [0.15, 0.2) is 0 Å². The molecule has 2 aromatic carbocycles. The Morgan fingerprint density at radius 2 is 1.97 bits per heavy atom. The number of hydrogen-bond donors (Lipinski definition) is 1. The van der Waals surface area contributed by atoms with Gasteiger partial charge in [-0.25, -0.2) is 9.78 Å². The number of likely N-dealkylation sites (tertiary alicyclic amines) is 1. The number of piperidine rings is 1. The van der Waals surface area contributed by atoms with E-state index < -0.39 is 0 Å². The molecule has 7 heteroatoms. The summed E-state index contributed by atoms with van der Waals surface area (Å²) in [6.07, 6.45) is 6.36. The van der Waals surface area contributed by atoms with Crippen molar-refractivity contribution in [3.05, 3.63) is 59.3 Å². The summed E-state index contributed by atoms with van der Waals surface area (Å²) in [5.74, 6) is 1.29. The van der Waals surface area contributed by atoms with Crippen molar-refractivity contribution in [2.45, 2.75) is 64.5 Å². The average molecular weight is 533 g/mol. The van der Waals surface area contributed by atoms with Crippen molar-refractivity contribution in [2.75, 3.05) is 33.7 Å². The van der Waals surface area contributed by atoms with E-state index in [0.29, 0.717) is 18.5 Å². The van der Waals surface area contributed by atoms with Gasteiger partial charge >= 0.3 is 6.03 Å². The normalized spacial score (nSPS) is 17.8. The number of aromatic nitrogens is 1. The second kappa shape index (κ2) is 11.5. The summed E-state index contributed by atoms with van der Waals surface area (Å²) in [6, 6.07) is 13.6. The lowest BCUT2D eigenvalue weighted by Crippen LogP contribution is -2.48. The second-order valence-corrected chi connectivity index (χ2v) is 12.2. The Morgan fingerprint density at radius 1 is 1.18 bits per heavy atom. The van der Waals surface area contributed by atoms with Gasteiger partial charge in [0.2, 0.25) is 0 Å². The van der Waals surface area contributed by atoms with Crippen LogP contribution in [0.3, 0.4) is 0 Å². The van der Waals surface area contributed by atoms with Crippen molar-refractivity contribution in [1.82, 2.24) is 20.1 Å². The Morgan fingerprint density at radius 3 is 2.68 bits per heavy atom. The van der Waals surface area contributed by atoms with Crippen molar-refractivity contribution in [3.8, 4) is 26.8 Å². The number of ether oxygens (including phenoxy) is 1. The summed E-state index contributed by atoms with van der Waals surface area (Å²) in [4.78, 5) is 23.1. The van der Waals surface area contributed by atoms with E-state index in [4.69, 9.17) is 9.72 Å². The van der Waals surface area contributed by atoms with E-state index in [0.717, 1.165) is 60.7 Å². The third-order valence-corrected chi connectivity index (χ3v) is 9.01. The summed E-state index contributed by atoms with van der Waals surface area (Å²) < 4.78 is 5.90. The zero-order valence-electron chi connectivity index (χ0n) is 23.3. The molecule has 0 bridgehead atoms. The SMILES string of the molecule is Cc1cc(-c2ncc(-c3cccc4c3CCC4CNC(=O)N3CCC(N(C)C)CC3)s2)ccc1OC(C)C. The molecule has 5 rings (SSSR count). The maximum Gasteiger partial charge on any atom is 0.317 e. The Bertz CT molecular complexity index is 1280. The van der Waals surface area contributed by atoms with E-state index >= 15 is 0 Å². The number of nitrogens with one attached hydrogen (secondary N) is 1. The molecular formula is C31H40N4O2S. The van der Waals surface area contributed by atoms with E-state index in [1.807, 2.05) is 24.9 Å². The molecule has 1 unspecified atom stereocenters. The number of aryl methyl sites for hydroxylation is 1. The number of carbonyl (C=O) groups is 1. The van der Waals surface area contributed by atoms with Gasteiger partial charge in [0, 0.05) is 43.4 Å². The lowest BCUT2D eigenvalue weighted by atomic mass is 9.98. The molecular weight excluding hydrogens is 492 g/mol. The van der Waals surface area contributed by atoms with Crippen LogP contribution >= 0.6 is 11.3 Å². The molecule has 1 aromatic heterocycles. The number of benzene rings is 2. The molecule has 0 saturated carbocycles. The molecule has 1 saturated heterocycles. The van der Waals surface area contributed by atoms with Gasteiger partial charge in [0.05, 0.1) is 11.0 Å². The van der Waals surface area contributed by atoms with Crippen LogP contribution in [0, 0.1) is 6.92 Å². The summed E-state index contributed by atoms with van der Waals surface area (Å²) in [5, 5.41) is 4.26. The molecule has 1 N–H and O–H groups in total. The molecule has 1 aliphatic carbocycles. The number of amides is 2. The number of hydrogen-bond acceptors (Lipinski definition) is 5. The summed E-state index contributed by atoms with van der Waals surface area (Å²) in [5.41, 5.74) is 6.31. The van der Waals surface area contributed by atoms with Crippen molar-refractivity contribution in [2.24, 2.45) is 0 Å². The van der Waals surface area contributed by atoms with E-state index in [1.165, 1.54) is 21.6 Å². The first-order valence-electron chi connectivity index (χ1n) is 13.8. The van der Waals surface area contributed by atoms with E-state index in [2.05, 4.69) is 67.6 Å². The average Bonchev–Trinajstić information content (AvgIpc) is 3.56. The Labute approximate surface area is 231 Å². The van der Waals surface area contributed by atoms with Gasteiger partial charge in [0.1, 0.15) is 10.8 Å². The van der Waals surface area contributed by atoms with E-state index in [-0.39, 0.29) is 12.1 Å². The van der Waals surface area contributed by atoms with Gasteiger partial charge in [0.25, 0.3) is 0 Å². The number of carbonyl (C=O) groups excluding carboxylic acids is 1. The van der Waals surface area contributed by atoms with Gasteiger partial charge in [-0.2, -0.15) is 0 Å². The lowest BCUT2D eigenvalue weighted by molar-refractivity contribution is 0.148. The van der Waals surface area contributed by atoms with Crippen LogP contribution in [-0.4, -0.2) is 66.7 Å². The fraction of sp³-hybridized carbons (Fsp3) is 0.484. The highest BCUT2D eigenvalue weighted by Crippen LogP contribution is 2.42. The second-order valence-electron chi connectivity index (χ2n) is 11.2. The molecule has 0 radical (unpaired) electrons. The predicted octanol–water partition coefficient (Wildman–Crippen LogP) is 6.34. The molecule has 202 valence electrons. The Hall–Kier alpha value is -2.90. The molecule has 1 aliphatic heterocycles. The summed E-state index contributed by atoms with van der Waals surface area (Å²) >= 11 is 1.74. The zero-order chi connectivity index (χ0) is 26.8. The molecule has 2 aliphatic rings. The smallest absolute Gasteiger partial charge is 0.317 e. The molecule has 1 atom stereocenters. The fourth-order valence-corrected chi connectivity index (χ4v) is 6.76. The predicted molar refractivity (Wildman–Crippen MR) is 156 cm³/mol. The van der Waals surface area contributed by atoms with Crippen molar-refractivity contribution in [1.29, 1.82) is 0 Å². The molecule has 1 fully saturated rings. The number of fused-ring (bicyclic) bond motifs is 1. The van der Waals surface area contributed by atoms with Crippen LogP contribution in [-0.2, 0) is 6.42 Å². The number of rotatable bonds is 7. The van der Waals surface area contributed by atoms with Crippen LogP contribution in [0.5, 0.6) is 5.75 Å². The highest BCUT2D eigenvalue weighted by molar-refractivity contribution is 7.18. The minimum absolute atomic E-state index is 0.0824. The van der Waals surface area contributed by atoms with Crippen LogP contribution in [0.2, 0.25) is 0 Å². The minimum atomic E-state index is 0.0824. The molecule has 0 spiro atoms. The third-order valence-electron chi connectivity index (χ3n) is 7.93. The zero-order valence-corrected chi connectivity index (χ0v) is 24.1. The number of urea groups is 1. The van der Waals surface area contributed by atoms with Crippen molar-refractivity contribution in [3.63, 3.8) is 0 Å². The Balaban J connectivity index is 1.25. The first kappa shape index (κ1) is 26.7. The van der Waals surface area contributed by atoms with Crippen LogP contribution in [0.25, 0.3) is 21.0 Å². The highest BCUT2D eigenvalue weighted by atomic mass is 32.1. The molecule has 3 aromatic rings. The van der Waals surface area contributed by atoms with Crippen LogP contribution in [0.1, 0.15) is 55.7 Å². The van der Waals surface area contributed by atoms with Gasteiger partial charge in [-0.3, -0.25) is 0 Å². The largest absolute Gasteiger partial charge is 0.491 e. The quantitative estimate of drug-likeness (QED) is 0.386. The third kappa shape index (κ3) is 5.74. The minimum Gasteiger partial charge on any atom is -0.491 e. The molecule has 2 amide bonds. The first-order chi connectivity index (χ1) is 18.3. The molecule has 38 heavy (non-hydrogen) atoms. The maximum atomic E-state index is 12.9. The Kier molecular flexibility index (Phi) is 8.05. The fourth-order valence-electron chi connectivity index (χ4n) is 5.79. The number of nitrogens with zero attached hydrogens (tertiary/aromatic N) is 3. The van der Waals surface area contributed by atoms with Crippen molar-refractivity contribution >= 4 is 17.4 Å². The van der Waals surface area contributed by atoms with Gasteiger partial charge in [-0.05, 0) is 101 Å². The van der Waals surface area contributed by atoms with Gasteiger partial charge < -0.3 is 19.9 Å². The van der Waals surface area contributed by atoms with Crippen molar-refractivity contribution < 1.29 is 9.53 Å². The van der Waals surface area contributed by atoms with Gasteiger partial charge in [-0.15, -0.1) is 11.3 Å². The highest BCUT2D eigenvalue weighted by Gasteiger charge is 2.28. The molecule has 6 nitrogen and oxygen atoms in total. The lowest BCUT2D eigenvalue weighted by Gasteiger charge is -2.35. The maximum absolute atomic E-state index is 12.9. The molecule has 2 heterocycles. The topological polar surface area (TPSA) is 57.7 Å². The van der Waals surface area contributed by atoms with E-state index in [1.54, 1.807) is 11.3 Å². The monoisotopic (exact) mass is 532 g/mol. The summed E-state index contributed by atoms with van der Waals surface area (Å²) in [7, 11) is 4.25.